The van der Waals surface area contributed by atoms with Gasteiger partial charge in [-0.15, -0.1) is 0 Å². The first-order valence-electron chi connectivity index (χ1n) is 8.62. The zero-order valence-electron chi connectivity index (χ0n) is 14.3. The molecule has 0 bridgehead atoms. The molecule has 1 aliphatic carbocycles. The van der Waals surface area contributed by atoms with Gasteiger partial charge in [-0.1, -0.05) is 18.2 Å². The standard InChI is InChI=1S/C18H28N4O/c1-19-18(22-11-9-15-5-3-4-6-17(15)22)20-10-12-21(13-14-23-2)16-7-8-16/h3-6,16H,7-14H2,1-2H3,(H,19,20). The van der Waals surface area contributed by atoms with Crippen LogP contribution in [0.15, 0.2) is 29.3 Å². The fraction of sp³-hybridized carbons (Fsp3) is 0.611. The number of hydrogen-bond donors (Lipinski definition) is 1. The number of guanidine groups is 1. The Kier molecular flexibility index (Phi) is 5.51. The van der Waals surface area contributed by atoms with E-state index in [1.165, 1.54) is 24.1 Å². The van der Waals surface area contributed by atoms with E-state index in [9.17, 15) is 0 Å². The molecule has 23 heavy (non-hydrogen) atoms. The molecule has 0 amide bonds. The van der Waals surface area contributed by atoms with Crippen molar-refractivity contribution in [2.45, 2.75) is 25.3 Å². The lowest BCUT2D eigenvalue weighted by molar-refractivity contribution is 0.144. The molecule has 0 unspecified atom stereocenters. The van der Waals surface area contributed by atoms with E-state index < -0.39 is 0 Å². The molecule has 1 aromatic rings. The fourth-order valence-electron chi connectivity index (χ4n) is 3.29. The van der Waals surface area contributed by atoms with E-state index in [1.807, 2.05) is 7.05 Å². The second-order valence-corrected chi connectivity index (χ2v) is 6.26. The van der Waals surface area contributed by atoms with Crippen LogP contribution < -0.4 is 10.2 Å². The highest BCUT2D eigenvalue weighted by molar-refractivity contribution is 5.97. The van der Waals surface area contributed by atoms with Crippen LogP contribution in [-0.4, -0.2) is 63.8 Å². The minimum atomic E-state index is 0.765. The Labute approximate surface area is 139 Å². The zero-order valence-corrected chi connectivity index (χ0v) is 14.3. The third kappa shape index (κ3) is 4.03. The Hall–Kier alpha value is -1.59. The minimum Gasteiger partial charge on any atom is -0.383 e. The number of nitrogens with one attached hydrogen (secondary N) is 1. The smallest absolute Gasteiger partial charge is 0.198 e. The van der Waals surface area contributed by atoms with Crippen LogP contribution in [0.25, 0.3) is 0 Å². The largest absolute Gasteiger partial charge is 0.383 e. The summed E-state index contributed by atoms with van der Waals surface area (Å²) in [5.74, 6) is 0.984. The lowest BCUT2D eigenvalue weighted by Crippen LogP contribution is -2.44. The van der Waals surface area contributed by atoms with Crippen LogP contribution in [0.5, 0.6) is 0 Å². The van der Waals surface area contributed by atoms with Crippen molar-refractivity contribution < 1.29 is 4.74 Å². The van der Waals surface area contributed by atoms with Crippen LogP contribution in [-0.2, 0) is 11.2 Å². The van der Waals surface area contributed by atoms with Gasteiger partial charge < -0.3 is 15.0 Å². The van der Waals surface area contributed by atoms with Crippen molar-refractivity contribution in [3.05, 3.63) is 29.8 Å². The first-order valence-corrected chi connectivity index (χ1v) is 8.62. The van der Waals surface area contributed by atoms with E-state index in [0.717, 1.165) is 51.2 Å². The van der Waals surface area contributed by atoms with Gasteiger partial charge in [-0.25, -0.2) is 0 Å². The number of anilines is 1. The van der Waals surface area contributed by atoms with Crippen molar-refractivity contribution in [3.63, 3.8) is 0 Å². The summed E-state index contributed by atoms with van der Waals surface area (Å²) >= 11 is 0. The van der Waals surface area contributed by atoms with Gasteiger partial charge in [0.1, 0.15) is 0 Å². The summed E-state index contributed by atoms with van der Waals surface area (Å²) in [7, 11) is 3.64. The van der Waals surface area contributed by atoms with Crippen molar-refractivity contribution in [2.75, 3.05) is 51.8 Å². The first kappa shape index (κ1) is 16.3. The van der Waals surface area contributed by atoms with E-state index in [2.05, 4.69) is 44.4 Å². The Morgan fingerprint density at radius 3 is 2.91 bits per heavy atom. The maximum absolute atomic E-state index is 5.23. The number of benzene rings is 1. The average molecular weight is 316 g/mol. The summed E-state index contributed by atoms with van der Waals surface area (Å²) in [6.07, 6.45) is 3.76. The number of ether oxygens (including phenoxy) is 1. The van der Waals surface area contributed by atoms with Crippen molar-refractivity contribution in [3.8, 4) is 0 Å². The molecule has 1 fully saturated rings. The predicted molar refractivity (Wildman–Crippen MR) is 95.3 cm³/mol. The fourth-order valence-corrected chi connectivity index (χ4v) is 3.29. The Morgan fingerprint density at radius 2 is 2.17 bits per heavy atom. The highest BCUT2D eigenvalue weighted by Gasteiger charge is 2.28. The van der Waals surface area contributed by atoms with Gasteiger partial charge in [0.25, 0.3) is 0 Å². The summed E-state index contributed by atoms with van der Waals surface area (Å²) in [5, 5.41) is 3.54. The maximum Gasteiger partial charge on any atom is 0.198 e. The highest BCUT2D eigenvalue weighted by atomic mass is 16.5. The number of rotatable bonds is 7. The second kappa shape index (κ2) is 7.79. The Morgan fingerprint density at radius 1 is 1.35 bits per heavy atom. The molecule has 5 heteroatoms. The molecule has 1 heterocycles. The van der Waals surface area contributed by atoms with Crippen molar-refractivity contribution in [2.24, 2.45) is 4.99 Å². The molecule has 0 saturated heterocycles. The van der Waals surface area contributed by atoms with Gasteiger partial charge in [0.2, 0.25) is 0 Å². The molecule has 1 saturated carbocycles. The van der Waals surface area contributed by atoms with Crippen LogP contribution in [0.1, 0.15) is 18.4 Å². The predicted octanol–water partition coefficient (Wildman–Crippen LogP) is 1.74. The first-order chi connectivity index (χ1) is 11.3. The van der Waals surface area contributed by atoms with E-state index in [4.69, 9.17) is 4.74 Å². The SMILES string of the molecule is CN=C(NCCN(CCOC)C1CC1)N1CCc2ccccc21. The molecule has 0 radical (unpaired) electrons. The second-order valence-electron chi connectivity index (χ2n) is 6.26. The Bertz CT molecular complexity index is 542. The molecular formula is C18H28N4O. The summed E-state index contributed by atoms with van der Waals surface area (Å²) in [6, 6.07) is 9.37. The van der Waals surface area contributed by atoms with Crippen molar-refractivity contribution in [1.82, 2.24) is 10.2 Å². The maximum atomic E-state index is 5.23. The molecular weight excluding hydrogens is 288 g/mol. The van der Waals surface area contributed by atoms with E-state index in [1.54, 1.807) is 7.11 Å². The van der Waals surface area contributed by atoms with Crippen molar-refractivity contribution >= 4 is 11.6 Å². The number of fused-ring (bicyclic) bond motifs is 1. The van der Waals surface area contributed by atoms with Gasteiger partial charge in [0, 0.05) is 52.1 Å². The normalized spacial score (nSPS) is 17.7. The van der Waals surface area contributed by atoms with Gasteiger partial charge in [-0.2, -0.15) is 0 Å². The number of methoxy groups -OCH3 is 1. The summed E-state index contributed by atoms with van der Waals surface area (Å²) < 4.78 is 5.23. The quantitative estimate of drug-likeness (QED) is 0.614. The molecule has 0 aromatic heterocycles. The van der Waals surface area contributed by atoms with Gasteiger partial charge in [0.15, 0.2) is 5.96 Å². The van der Waals surface area contributed by atoms with Gasteiger partial charge >= 0.3 is 0 Å². The average Bonchev–Trinajstić information content (AvgIpc) is 3.34. The molecule has 0 atom stereocenters. The summed E-state index contributed by atoms with van der Waals surface area (Å²) in [4.78, 5) is 9.30. The molecule has 3 rings (SSSR count). The summed E-state index contributed by atoms with van der Waals surface area (Å²) in [6.45, 7) is 4.81. The third-order valence-corrected chi connectivity index (χ3v) is 4.68. The number of para-hydroxylation sites is 1. The molecule has 5 nitrogen and oxygen atoms in total. The molecule has 126 valence electrons. The van der Waals surface area contributed by atoms with Crippen molar-refractivity contribution in [1.29, 1.82) is 0 Å². The van der Waals surface area contributed by atoms with Crippen LogP contribution in [0.2, 0.25) is 0 Å². The van der Waals surface area contributed by atoms with E-state index in [-0.39, 0.29) is 0 Å². The third-order valence-electron chi connectivity index (χ3n) is 4.68. The van der Waals surface area contributed by atoms with Gasteiger partial charge in [0.05, 0.1) is 6.61 Å². The van der Waals surface area contributed by atoms with Gasteiger partial charge in [-0.05, 0) is 30.9 Å². The zero-order chi connectivity index (χ0) is 16.1. The van der Waals surface area contributed by atoms with Crippen LogP contribution in [0, 0.1) is 0 Å². The van der Waals surface area contributed by atoms with E-state index >= 15 is 0 Å². The number of hydrogen-bond acceptors (Lipinski definition) is 3. The monoisotopic (exact) mass is 316 g/mol. The number of aliphatic imine (C=N–C) groups is 1. The molecule has 1 aliphatic heterocycles. The number of nitrogens with zero attached hydrogens (tertiary/aromatic N) is 3. The molecule has 0 spiro atoms. The van der Waals surface area contributed by atoms with Crippen LogP contribution >= 0.6 is 0 Å². The molecule has 2 aliphatic rings. The minimum absolute atomic E-state index is 0.765. The highest BCUT2D eigenvalue weighted by Crippen LogP contribution is 2.27. The Balaban J connectivity index is 1.52. The lowest BCUT2D eigenvalue weighted by atomic mass is 10.2. The lowest BCUT2D eigenvalue weighted by Gasteiger charge is -2.25. The van der Waals surface area contributed by atoms with Gasteiger partial charge in [-0.3, -0.25) is 9.89 Å². The van der Waals surface area contributed by atoms with Crippen LogP contribution in [0.4, 0.5) is 5.69 Å². The summed E-state index contributed by atoms with van der Waals surface area (Å²) in [5.41, 5.74) is 2.70. The van der Waals surface area contributed by atoms with Crippen LogP contribution in [0.3, 0.4) is 0 Å². The topological polar surface area (TPSA) is 40.1 Å². The molecule has 1 aromatic carbocycles. The van der Waals surface area contributed by atoms with E-state index in [0.29, 0.717) is 0 Å². The molecule has 1 N–H and O–H groups in total.